The maximum atomic E-state index is 12.3. The van der Waals surface area contributed by atoms with E-state index < -0.39 is 0 Å². The molecule has 1 atom stereocenters. The number of amides is 1. The Morgan fingerprint density at radius 3 is 2.57 bits per heavy atom. The third kappa shape index (κ3) is 4.15. The lowest BCUT2D eigenvalue weighted by Gasteiger charge is -2.31. The number of benzene rings is 2. The fourth-order valence-corrected chi connectivity index (χ4v) is 3.02. The Hall–Kier alpha value is -2.24. The predicted octanol–water partition coefficient (Wildman–Crippen LogP) is 4.10. The second kappa shape index (κ2) is 7.35. The standard InChI is InChI=1S/C20H18ClNO/c21-19-11-9-17(10-12-19)18-7-4-14-22(15-18)20(23)13-8-16-5-2-1-3-6-16/h1-3,5-6,9-12,18H,4,7,14-15H2. The lowest BCUT2D eigenvalue weighted by atomic mass is 9.90. The summed E-state index contributed by atoms with van der Waals surface area (Å²) in [5.74, 6) is 5.98. The van der Waals surface area contributed by atoms with Gasteiger partial charge in [0.2, 0.25) is 0 Å². The van der Waals surface area contributed by atoms with E-state index in [9.17, 15) is 4.79 Å². The van der Waals surface area contributed by atoms with Gasteiger partial charge >= 0.3 is 0 Å². The van der Waals surface area contributed by atoms with Crippen LogP contribution in [0.25, 0.3) is 0 Å². The molecule has 0 aromatic heterocycles. The molecule has 1 saturated heterocycles. The number of halogens is 1. The average molecular weight is 324 g/mol. The van der Waals surface area contributed by atoms with Crippen LogP contribution in [0, 0.1) is 11.8 Å². The van der Waals surface area contributed by atoms with E-state index in [2.05, 4.69) is 24.0 Å². The van der Waals surface area contributed by atoms with Crippen LogP contribution in [0.15, 0.2) is 54.6 Å². The van der Waals surface area contributed by atoms with Gasteiger partial charge in [-0.1, -0.05) is 47.9 Å². The molecule has 116 valence electrons. The van der Waals surface area contributed by atoms with Gasteiger partial charge in [-0.2, -0.15) is 0 Å². The first-order valence-electron chi connectivity index (χ1n) is 7.84. The predicted molar refractivity (Wildman–Crippen MR) is 93.3 cm³/mol. The molecule has 2 nitrogen and oxygen atoms in total. The first kappa shape index (κ1) is 15.6. The molecule has 0 spiro atoms. The molecule has 0 aliphatic carbocycles. The summed E-state index contributed by atoms with van der Waals surface area (Å²) in [6, 6.07) is 17.5. The molecule has 23 heavy (non-hydrogen) atoms. The second-order valence-corrected chi connectivity index (χ2v) is 6.19. The van der Waals surface area contributed by atoms with E-state index in [1.54, 1.807) is 0 Å². The molecule has 3 rings (SSSR count). The topological polar surface area (TPSA) is 20.3 Å². The van der Waals surface area contributed by atoms with Gasteiger partial charge in [0.25, 0.3) is 5.91 Å². The number of rotatable bonds is 1. The minimum atomic E-state index is -0.0903. The summed E-state index contributed by atoms with van der Waals surface area (Å²) >= 11 is 5.95. The summed E-state index contributed by atoms with van der Waals surface area (Å²) in [6.45, 7) is 1.51. The third-order valence-electron chi connectivity index (χ3n) is 4.14. The number of likely N-dealkylation sites (tertiary alicyclic amines) is 1. The molecule has 0 bridgehead atoms. The molecule has 0 N–H and O–H groups in total. The van der Waals surface area contributed by atoms with Crippen LogP contribution in [-0.2, 0) is 4.79 Å². The Balaban J connectivity index is 1.67. The van der Waals surface area contributed by atoms with Gasteiger partial charge in [0.05, 0.1) is 0 Å². The maximum Gasteiger partial charge on any atom is 0.298 e. The van der Waals surface area contributed by atoms with Crippen molar-refractivity contribution in [2.75, 3.05) is 13.1 Å². The number of carbonyl (C=O) groups excluding carboxylic acids is 1. The lowest BCUT2D eigenvalue weighted by molar-refractivity contribution is -0.126. The van der Waals surface area contributed by atoms with Gasteiger partial charge in [0, 0.05) is 35.5 Å². The van der Waals surface area contributed by atoms with E-state index in [0.717, 1.165) is 36.5 Å². The number of carbonyl (C=O) groups is 1. The van der Waals surface area contributed by atoms with E-state index in [0.29, 0.717) is 5.92 Å². The molecule has 1 aliphatic heterocycles. The van der Waals surface area contributed by atoms with Gasteiger partial charge in [-0.25, -0.2) is 0 Å². The first-order valence-corrected chi connectivity index (χ1v) is 8.21. The highest BCUT2D eigenvalue weighted by Gasteiger charge is 2.23. The van der Waals surface area contributed by atoms with Gasteiger partial charge in [-0.15, -0.1) is 0 Å². The van der Waals surface area contributed by atoms with E-state index in [4.69, 9.17) is 11.6 Å². The fourth-order valence-electron chi connectivity index (χ4n) is 2.89. The molecule has 2 aromatic carbocycles. The normalized spacial score (nSPS) is 17.3. The molecule has 1 amide bonds. The first-order chi connectivity index (χ1) is 11.2. The molecule has 1 heterocycles. The number of piperidine rings is 1. The van der Waals surface area contributed by atoms with Crippen molar-refractivity contribution in [2.45, 2.75) is 18.8 Å². The van der Waals surface area contributed by atoms with Crippen LogP contribution in [0.4, 0.5) is 0 Å². The van der Waals surface area contributed by atoms with Crippen molar-refractivity contribution >= 4 is 17.5 Å². The molecular weight excluding hydrogens is 306 g/mol. The largest absolute Gasteiger partial charge is 0.331 e. The Morgan fingerprint density at radius 1 is 1.09 bits per heavy atom. The van der Waals surface area contributed by atoms with Crippen LogP contribution in [0.5, 0.6) is 0 Å². The van der Waals surface area contributed by atoms with Gasteiger partial charge in [-0.3, -0.25) is 4.79 Å². The van der Waals surface area contributed by atoms with Crippen molar-refractivity contribution in [3.63, 3.8) is 0 Å². The molecule has 1 aliphatic rings. The Bertz CT molecular complexity index is 728. The van der Waals surface area contributed by atoms with Crippen molar-refractivity contribution < 1.29 is 4.79 Å². The highest BCUT2D eigenvalue weighted by atomic mass is 35.5. The summed E-state index contributed by atoms with van der Waals surface area (Å²) in [5, 5.41) is 0.742. The molecular formula is C20H18ClNO. The van der Waals surface area contributed by atoms with Crippen molar-refractivity contribution in [2.24, 2.45) is 0 Å². The fraction of sp³-hybridized carbons (Fsp3) is 0.250. The van der Waals surface area contributed by atoms with Crippen molar-refractivity contribution in [1.82, 2.24) is 4.90 Å². The van der Waals surface area contributed by atoms with Gasteiger partial charge in [0.15, 0.2) is 0 Å². The van der Waals surface area contributed by atoms with Crippen molar-refractivity contribution in [1.29, 1.82) is 0 Å². The van der Waals surface area contributed by atoms with Crippen LogP contribution in [0.3, 0.4) is 0 Å². The number of hydrogen-bond acceptors (Lipinski definition) is 1. The summed E-state index contributed by atoms with van der Waals surface area (Å²) in [4.78, 5) is 14.2. The van der Waals surface area contributed by atoms with Gasteiger partial charge in [0.1, 0.15) is 0 Å². The SMILES string of the molecule is O=C(C#Cc1ccccc1)N1CCCC(c2ccc(Cl)cc2)C1. The van der Waals surface area contributed by atoms with Crippen molar-refractivity contribution in [3.8, 4) is 11.8 Å². The minimum absolute atomic E-state index is 0.0903. The smallest absolute Gasteiger partial charge is 0.298 e. The summed E-state index contributed by atoms with van der Waals surface area (Å²) in [7, 11) is 0. The summed E-state index contributed by atoms with van der Waals surface area (Å²) in [6.07, 6.45) is 2.10. The molecule has 1 fully saturated rings. The Kier molecular flexibility index (Phi) is 5.00. The Labute approximate surface area is 142 Å². The average Bonchev–Trinajstić information content (AvgIpc) is 2.61. The molecule has 0 saturated carbocycles. The van der Waals surface area contributed by atoms with E-state index in [-0.39, 0.29) is 5.91 Å². The van der Waals surface area contributed by atoms with Crippen LogP contribution < -0.4 is 0 Å². The van der Waals surface area contributed by atoms with E-state index >= 15 is 0 Å². The molecule has 2 aromatic rings. The summed E-state index contributed by atoms with van der Waals surface area (Å²) < 4.78 is 0. The van der Waals surface area contributed by atoms with Crippen molar-refractivity contribution in [3.05, 3.63) is 70.7 Å². The second-order valence-electron chi connectivity index (χ2n) is 5.76. The monoisotopic (exact) mass is 323 g/mol. The molecule has 3 heteroatoms. The van der Waals surface area contributed by atoms with Crippen LogP contribution in [-0.4, -0.2) is 23.9 Å². The zero-order valence-corrected chi connectivity index (χ0v) is 13.6. The molecule has 1 unspecified atom stereocenters. The number of hydrogen-bond donors (Lipinski definition) is 0. The zero-order valence-electron chi connectivity index (χ0n) is 12.8. The van der Waals surface area contributed by atoms with E-state index in [1.165, 1.54) is 5.56 Å². The Morgan fingerprint density at radius 2 is 1.83 bits per heavy atom. The van der Waals surface area contributed by atoms with Crippen LogP contribution >= 0.6 is 11.6 Å². The maximum absolute atomic E-state index is 12.3. The lowest BCUT2D eigenvalue weighted by Crippen LogP contribution is -2.38. The van der Waals surface area contributed by atoms with Gasteiger partial charge in [-0.05, 0) is 42.7 Å². The zero-order chi connectivity index (χ0) is 16.1. The highest BCUT2D eigenvalue weighted by molar-refractivity contribution is 6.30. The van der Waals surface area contributed by atoms with Gasteiger partial charge < -0.3 is 4.90 Å². The van der Waals surface area contributed by atoms with E-state index in [1.807, 2.05) is 47.4 Å². The van der Waals surface area contributed by atoms with Crippen LogP contribution in [0.2, 0.25) is 5.02 Å². The quantitative estimate of drug-likeness (QED) is 0.724. The third-order valence-corrected chi connectivity index (χ3v) is 4.39. The summed E-state index contributed by atoms with van der Waals surface area (Å²) in [5.41, 5.74) is 2.11. The molecule has 0 radical (unpaired) electrons. The van der Waals surface area contributed by atoms with Crippen LogP contribution in [0.1, 0.15) is 29.9 Å². The number of nitrogens with zero attached hydrogens (tertiary/aromatic N) is 1. The minimum Gasteiger partial charge on any atom is -0.331 e. The highest BCUT2D eigenvalue weighted by Crippen LogP contribution is 2.27.